The molecule has 4 nitrogen and oxygen atoms in total. The summed E-state index contributed by atoms with van der Waals surface area (Å²) in [5.41, 5.74) is 1.68. The molecule has 0 radical (unpaired) electrons. The van der Waals surface area contributed by atoms with Crippen molar-refractivity contribution >= 4 is 11.5 Å². The highest BCUT2D eigenvalue weighted by molar-refractivity contribution is 6.03. The molecule has 0 atom stereocenters. The molecule has 0 amide bonds. The van der Waals surface area contributed by atoms with Crippen LogP contribution >= 0.6 is 0 Å². The molecule has 0 unspecified atom stereocenters. The summed E-state index contributed by atoms with van der Waals surface area (Å²) in [6.45, 7) is 3.24. The van der Waals surface area contributed by atoms with Crippen molar-refractivity contribution in [1.82, 2.24) is 4.90 Å². The van der Waals surface area contributed by atoms with Gasteiger partial charge in [-0.15, -0.1) is 0 Å². The summed E-state index contributed by atoms with van der Waals surface area (Å²) in [6, 6.07) is 8.08. The molecular formula is C19H28N2O2. The number of Topliss-reactive ketones (excluding diaryl/α,β-unsaturated/α-hetero) is 1. The molecule has 0 spiro atoms. The number of morpholine rings is 1. The van der Waals surface area contributed by atoms with Crippen molar-refractivity contribution < 1.29 is 9.53 Å². The number of rotatable bonds is 4. The first-order valence-electron chi connectivity index (χ1n) is 8.78. The van der Waals surface area contributed by atoms with Crippen molar-refractivity contribution in [2.24, 2.45) is 0 Å². The third-order valence-corrected chi connectivity index (χ3v) is 5.37. The maximum absolute atomic E-state index is 13.4. The van der Waals surface area contributed by atoms with E-state index in [4.69, 9.17) is 4.74 Å². The highest BCUT2D eigenvalue weighted by atomic mass is 16.5. The van der Waals surface area contributed by atoms with Gasteiger partial charge in [0.1, 0.15) is 0 Å². The first kappa shape index (κ1) is 16.5. The lowest BCUT2D eigenvalue weighted by Crippen LogP contribution is -2.59. The van der Waals surface area contributed by atoms with Crippen molar-refractivity contribution in [2.75, 3.05) is 45.3 Å². The normalized spacial score (nSPS) is 21.8. The van der Waals surface area contributed by atoms with E-state index in [1.807, 2.05) is 38.4 Å². The van der Waals surface area contributed by atoms with Gasteiger partial charge in [0.25, 0.3) is 0 Å². The Hall–Kier alpha value is -1.39. The van der Waals surface area contributed by atoms with E-state index in [0.717, 1.165) is 63.2 Å². The van der Waals surface area contributed by atoms with Crippen molar-refractivity contribution in [3.63, 3.8) is 0 Å². The first-order chi connectivity index (χ1) is 11.1. The lowest BCUT2D eigenvalue weighted by molar-refractivity contribution is -0.0264. The Labute approximate surface area is 139 Å². The quantitative estimate of drug-likeness (QED) is 0.800. The zero-order chi connectivity index (χ0) is 16.3. The third-order valence-electron chi connectivity index (χ3n) is 5.37. The van der Waals surface area contributed by atoms with Crippen molar-refractivity contribution in [2.45, 2.75) is 37.6 Å². The molecule has 0 bridgehead atoms. The molecular weight excluding hydrogens is 288 g/mol. The van der Waals surface area contributed by atoms with Gasteiger partial charge in [-0.25, -0.2) is 0 Å². The summed E-state index contributed by atoms with van der Waals surface area (Å²) >= 11 is 0. The largest absolute Gasteiger partial charge is 0.379 e. The van der Waals surface area contributed by atoms with Crippen molar-refractivity contribution in [1.29, 1.82) is 0 Å². The molecule has 1 heterocycles. The Morgan fingerprint density at radius 2 is 1.65 bits per heavy atom. The van der Waals surface area contributed by atoms with Crippen LogP contribution in [0.1, 0.15) is 42.5 Å². The molecule has 1 aromatic carbocycles. The lowest BCUT2D eigenvalue weighted by Gasteiger charge is -2.46. The average Bonchev–Trinajstić information content (AvgIpc) is 2.62. The second kappa shape index (κ2) is 7.02. The Kier molecular flexibility index (Phi) is 5.02. The Balaban J connectivity index is 1.87. The maximum atomic E-state index is 13.4. The number of anilines is 1. The van der Waals surface area contributed by atoms with Gasteiger partial charge >= 0.3 is 0 Å². The van der Waals surface area contributed by atoms with Gasteiger partial charge in [-0.3, -0.25) is 9.69 Å². The summed E-state index contributed by atoms with van der Waals surface area (Å²) in [5, 5.41) is 0. The molecule has 2 fully saturated rings. The minimum Gasteiger partial charge on any atom is -0.379 e. The maximum Gasteiger partial charge on any atom is 0.183 e. The van der Waals surface area contributed by atoms with Crippen LogP contribution in [0.5, 0.6) is 0 Å². The molecule has 23 heavy (non-hydrogen) atoms. The predicted molar refractivity (Wildman–Crippen MR) is 93.3 cm³/mol. The van der Waals surface area contributed by atoms with Crippen LogP contribution in [0.15, 0.2) is 24.3 Å². The van der Waals surface area contributed by atoms with Gasteiger partial charge < -0.3 is 9.64 Å². The fourth-order valence-corrected chi connectivity index (χ4v) is 3.99. The van der Waals surface area contributed by atoms with Gasteiger partial charge in [-0.05, 0) is 37.1 Å². The fraction of sp³-hybridized carbons (Fsp3) is 0.632. The van der Waals surface area contributed by atoms with Gasteiger partial charge in [0.2, 0.25) is 0 Å². The van der Waals surface area contributed by atoms with E-state index in [1.54, 1.807) is 0 Å². The van der Waals surface area contributed by atoms with Crippen LogP contribution in [-0.4, -0.2) is 56.6 Å². The number of ketones is 1. The minimum absolute atomic E-state index is 0.304. The topological polar surface area (TPSA) is 32.8 Å². The van der Waals surface area contributed by atoms with Crippen LogP contribution < -0.4 is 4.90 Å². The van der Waals surface area contributed by atoms with Crippen LogP contribution in [0.25, 0.3) is 0 Å². The second-order valence-electron chi connectivity index (χ2n) is 6.96. The van der Waals surface area contributed by atoms with Crippen LogP contribution in [0.4, 0.5) is 5.69 Å². The number of hydrogen-bond donors (Lipinski definition) is 0. The van der Waals surface area contributed by atoms with E-state index in [0.29, 0.717) is 5.78 Å². The summed E-state index contributed by atoms with van der Waals surface area (Å²) in [6.07, 6.45) is 5.53. The van der Waals surface area contributed by atoms with Crippen molar-refractivity contribution in [3.8, 4) is 0 Å². The van der Waals surface area contributed by atoms with Gasteiger partial charge in [-0.2, -0.15) is 0 Å². The molecule has 0 aromatic heterocycles. The SMILES string of the molecule is CN(C)c1ccc(C(=O)C2(N3CCOCC3)CCCCC2)cc1. The molecule has 1 saturated carbocycles. The van der Waals surface area contributed by atoms with Gasteiger partial charge in [0.15, 0.2) is 5.78 Å². The van der Waals surface area contributed by atoms with Gasteiger partial charge in [0, 0.05) is 38.4 Å². The molecule has 3 rings (SSSR count). The Morgan fingerprint density at radius 3 is 2.22 bits per heavy atom. The van der Waals surface area contributed by atoms with Crippen LogP contribution in [0.2, 0.25) is 0 Å². The zero-order valence-electron chi connectivity index (χ0n) is 14.4. The minimum atomic E-state index is -0.304. The summed E-state index contributed by atoms with van der Waals surface area (Å²) in [5.74, 6) is 0.310. The highest BCUT2D eigenvalue weighted by Gasteiger charge is 2.45. The average molecular weight is 316 g/mol. The molecule has 1 aromatic rings. The number of carbonyl (C=O) groups is 1. The van der Waals surface area contributed by atoms with E-state index in [2.05, 4.69) is 9.80 Å². The molecule has 1 saturated heterocycles. The zero-order valence-corrected chi connectivity index (χ0v) is 14.4. The number of ether oxygens (including phenoxy) is 1. The standard InChI is InChI=1S/C19H28N2O2/c1-20(2)17-8-6-16(7-9-17)18(22)19(10-4-3-5-11-19)21-12-14-23-15-13-21/h6-9H,3-5,10-15H2,1-2H3. The van der Waals surface area contributed by atoms with E-state index < -0.39 is 0 Å². The number of hydrogen-bond acceptors (Lipinski definition) is 4. The Morgan fingerprint density at radius 1 is 1.04 bits per heavy atom. The summed E-state index contributed by atoms with van der Waals surface area (Å²) < 4.78 is 5.50. The Bertz CT molecular complexity index is 527. The molecule has 0 N–H and O–H groups in total. The summed E-state index contributed by atoms with van der Waals surface area (Å²) in [7, 11) is 4.04. The monoisotopic (exact) mass is 316 g/mol. The summed E-state index contributed by atoms with van der Waals surface area (Å²) in [4.78, 5) is 17.9. The van der Waals surface area contributed by atoms with E-state index in [-0.39, 0.29) is 5.54 Å². The number of benzene rings is 1. The van der Waals surface area contributed by atoms with E-state index in [9.17, 15) is 4.79 Å². The van der Waals surface area contributed by atoms with E-state index in [1.165, 1.54) is 6.42 Å². The highest BCUT2D eigenvalue weighted by Crippen LogP contribution is 2.37. The smallest absolute Gasteiger partial charge is 0.183 e. The van der Waals surface area contributed by atoms with Crippen LogP contribution in [0.3, 0.4) is 0 Å². The van der Waals surface area contributed by atoms with Crippen molar-refractivity contribution in [3.05, 3.63) is 29.8 Å². The first-order valence-corrected chi connectivity index (χ1v) is 8.78. The molecule has 126 valence electrons. The second-order valence-corrected chi connectivity index (χ2v) is 6.96. The molecule has 1 aliphatic heterocycles. The number of carbonyl (C=O) groups excluding carboxylic acids is 1. The predicted octanol–water partition coefficient (Wildman–Crippen LogP) is 2.97. The fourth-order valence-electron chi connectivity index (χ4n) is 3.99. The number of nitrogens with zero attached hydrogens (tertiary/aromatic N) is 2. The lowest BCUT2D eigenvalue weighted by atomic mass is 9.75. The molecule has 2 aliphatic rings. The van der Waals surface area contributed by atoms with Crippen LogP contribution in [0, 0.1) is 0 Å². The van der Waals surface area contributed by atoms with Gasteiger partial charge in [-0.1, -0.05) is 19.3 Å². The molecule has 4 heteroatoms. The third kappa shape index (κ3) is 3.29. The van der Waals surface area contributed by atoms with Gasteiger partial charge in [0.05, 0.1) is 18.8 Å². The van der Waals surface area contributed by atoms with E-state index >= 15 is 0 Å². The molecule has 1 aliphatic carbocycles. The van der Waals surface area contributed by atoms with Crippen LogP contribution in [-0.2, 0) is 4.74 Å².